The lowest BCUT2D eigenvalue weighted by atomic mass is 10.2. The first-order valence-electron chi connectivity index (χ1n) is 5.27. The van der Waals surface area contributed by atoms with Crippen molar-refractivity contribution in [2.24, 2.45) is 0 Å². The van der Waals surface area contributed by atoms with Crippen molar-refractivity contribution in [1.82, 2.24) is 15.2 Å². The Morgan fingerprint density at radius 1 is 1.44 bits per heavy atom. The van der Waals surface area contributed by atoms with Crippen LogP contribution in [0.5, 0.6) is 0 Å². The molecule has 1 aromatic heterocycles. The number of urea groups is 1. The van der Waals surface area contributed by atoms with Crippen molar-refractivity contribution in [3.05, 3.63) is 30.1 Å². The van der Waals surface area contributed by atoms with E-state index < -0.39 is 0 Å². The van der Waals surface area contributed by atoms with Crippen molar-refractivity contribution in [2.75, 3.05) is 6.54 Å². The standard InChI is InChI=1S/C11H11N3O2/c15-10-6-13-11(16)14(10)9-4-8(9)7-2-1-3-12-5-7/h1-3,5,8-9H,4,6H2,(H,13,16). The van der Waals surface area contributed by atoms with Crippen LogP contribution in [0.25, 0.3) is 0 Å². The van der Waals surface area contributed by atoms with Crippen LogP contribution < -0.4 is 5.32 Å². The zero-order valence-corrected chi connectivity index (χ0v) is 8.59. The van der Waals surface area contributed by atoms with Crippen molar-refractivity contribution in [3.63, 3.8) is 0 Å². The van der Waals surface area contributed by atoms with Crippen LogP contribution >= 0.6 is 0 Å². The van der Waals surface area contributed by atoms with Crippen LogP contribution in [0.2, 0.25) is 0 Å². The van der Waals surface area contributed by atoms with E-state index in [2.05, 4.69) is 10.3 Å². The van der Waals surface area contributed by atoms with Gasteiger partial charge < -0.3 is 5.32 Å². The van der Waals surface area contributed by atoms with Crippen molar-refractivity contribution >= 4 is 11.9 Å². The van der Waals surface area contributed by atoms with Crippen LogP contribution in [0.15, 0.2) is 24.5 Å². The van der Waals surface area contributed by atoms with E-state index in [0.717, 1.165) is 12.0 Å². The number of carbonyl (C=O) groups is 2. The Balaban J connectivity index is 1.77. The molecule has 1 saturated carbocycles. The molecular formula is C11H11N3O2. The molecule has 3 rings (SSSR count). The minimum Gasteiger partial charge on any atom is -0.329 e. The third-order valence-electron chi connectivity index (χ3n) is 3.08. The predicted molar refractivity (Wildman–Crippen MR) is 55.6 cm³/mol. The number of hydrogen-bond donors (Lipinski definition) is 1. The summed E-state index contributed by atoms with van der Waals surface area (Å²) in [6, 6.07) is 3.62. The van der Waals surface area contributed by atoms with Crippen LogP contribution in [-0.2, 0) is 4.79 Å². The zero-order valence-electron chi connectivity index (χ0n) is 8.59. The number of aromatic nitrogens is 1. The first kappa shape index (κ1) is 9.33. The average molecular weight is 217 g/mol. The molecule has 2 aliphatic rings. The Bertz CT molecular complexity index is 430. The van der Waals surface area contributed by atoms with Gasteiger partial charge in [-0.1, -0.05) is 6.07 Å². The fraction of sp³-hybridized carbons (Fsp3) is 0.364. The molecular weight excluding hydrogens is 206 g/mol. The van der Waals surface area contributed by atoms with Gasteiger partial charge in [0.05, 0.1) is 6.54 Å². The van der Waals surface area contributed by atoms with Gasteiger partial charge in [-0.25, -0.2) is 4.79 Å². The van der Waals surface area contributed by atoms with Gasteiger partial charge in [0, 0.05) is 24.4 Å². The number of imide groups is 1. The molecule has 2 unspecified atom stereocenters. The molecule has 3 amide bonds. The summed E-state index contributed by atoms with van der Waals surface area (Å²) in [5, 5.41) is 2.53. The molecule has 0 spiro atoms. The molecule has 5 heteroatoms. The molecule has 1 N–H and O–H groups in total. The molecule has 1 aliphatic carbocycles. The number of carbonyl (C=O) groups excluding carboxylic acids is 2. The minimum atomic E-state index is -0.263. The van der Waals surface area contributed by atoms with E-state index in [1.54, 1.807) is 12.4 Å². The van der Waals surface area contributed by atoms with Crippen molar-refractivity contribution in [3.8, 4) is 0 Å². The minimum absolute atomic E-state index is 0.0270. The van der Waals surface area contributed by atoms with E-state index in [9.17, 15) is 9.59 Å². The number of nitrogens with zero attached hydrogens (tertiary/aromatic N) is 2. The first-order chi connectivity index (χ1) is 7.77. The molecule has 1 aliphatic heterocycles. The van der Waals surface area contributed by atoms with E-state index in [-0.39, 0.29) is 30.4 Å². The second-order valence-corrected chi connectivity index (χ2v) is 4.12. The fourth-order valence-corrected chi connectivity index (χ4v) is 2.19. The highest BCUT2D eigenvalue weighted by molar-refractivity contribution is 6.02. The van der Waals surface area contributed by atoms with E-state index >= 15 is 0 Å². The van der Waals surface area contributed by atoms with Gasteiger partial charge >= 0.3 is 6.03 Å². The van der Waals surface area contributed by atoms with Crippen LogP contribution in [0, 0.1) is 0 Å². The van der Waals surface area contributed by atoms with Crippen LogP contribution in [0.3, 0.4) is 0 Å². The lowest BCUT2D eigenvalue weighted by Crippen LogP contribution is -2.33. The molecule has 1 saturated heterocycles. The largest absolute Gasteiger partial charge is 0.329 e. The van der Waals surface area contributed by atoms with Gasteiger partial charge in [-0.3, -0.25) is 14.7 Å². The molecule has 2 atom stereocenters. The lowest BCUT2D eigenvalue weighted by molar-refractivity contribution is -0.125. The molecule has 5 nitrogen and oxygen atoms in total. The maximum atomic E-state index is 11.5. The monoisotopic (exact) mass is 217 g/mol. The van der Waals surface area contributed by atoms with Gasteiger partial charge in [0.2, 0.25) is 5.91 Å². The highest BCUT2D eigenvalue weighted by atomic mass is 16.2. The van der Waals surface area contributed by atoms with Crippen molar-refractivity contribution < 1.29 is 9.59 Å². The maximum absolute atomic E-state index is 11.5. The average Bonchev–Trinajstić information content (AvgIpc) is 3.01. The van der Waals surface area contributed by atoms with Crippen LogP contribution in [0.1, 0.15) is 17.9 Å². The molecule has 16 heavy (non-hydrogen) atoms. The summed E-state index contributed by atoms with van der Waals surface area (Å²) >= 11 is 0. The van der Waals surface area contributed by atoms with Gasteiger partial charge in [-0.15, -0.1) is 0 Å². The van der Waals surface area contributed by atoms with Gasteiger partial charge in [0.25, 0.3) is 0 Å². The number of amides is 3. The van der Waals surface area contributed by atoms with Crippen LogP contribution in [-0.4, -0.2) is 34.4 Å². The Kier molecular flexibility index (Phi) is 1.92. The van der Waals surface area contributed by atoms with Gasteiger partial charge in [-0.2, -0.15) is 0 Å². The summed E-state index contributed by atoms with van der Waals surface area (Å²) in [5.41, 5.74) is 1.10. The topological polar surface area (TPSA) is 62.3 Å². The van der Waals surface area contributed by atoms with Gasteiger partial charge in [-0.05, 0) is 18.1 Å². The van der Waals surface area contributed by atoms with Crippen molar-refractivity contribution in [2.45, 2.75) is 18.4 Å². The third-order valence-corrected chi connectivity index (χ3v) is 3.08. The second-order valence-electron chi connectivity index (χ2n) is 4.12. The van der Waals surface area contributed by atoms with Gasteiger partial charge in [0.15, 0.2) is 0 Å². The second kappa shape index (κ2) is 3.30. The number of rotatable bonds is 2. The van der Waals surface area contributed by atoms with E-state index in [1.807, 2.05) is 12.1 Å². The molecule has 0 bridgehead atoms. The number of nitrogens with one attached hydrogen (secondary N) is 1. The molecule has 2 heterocycles. The van der Waals surface area contributed by atoms with Crippen molar-refractivity contribution in [1.29, 1.82) is 0 Å². The molecule has 1 aromatic rings. The van der Waals surface area contributed by atoms with E-state index in [4.69, 9.17) is 0 Å². The summed E-state index contributed by atoms with van der Waals surface area (Å²) < 4.78 is 0. The van der Waals surface area contributed by atoms with Crippen LogP contribution in [0.4, 0.5) is 4.79 Å². The third kappa shape index (κ3) is 1.36. The summed E-state index contributed by atoms with van der Waals surface area (Å²) in [5.74, 6) is 0.142. The number of pyridine rings is 1. The summed E-state index contributed by atoms with van der Waals surface area (Å²) in [4.78, 5) is 28.3. The Hall–Kier alpha value is -1.91. The Labute approximate surface area is 92.5 Å². The smallest absolute Gasteiger partial charge is 0.324 e. The highest BCUT2D eigenvalue weighted by Crippen LogP contribution is 2.44. The Morgan fingerprint density at radius 3 is 2.94 bits per heavy atom. The zero-order chi connectivity index (χ0) is 11.1. The SMILES string of the molecule is O=C1CNC(=O)N1C1CC1c1cccnc1. The highest BCUT2D eigenvalue weighted by Gasteiger charge is 2.49. The molecule has 82 valence electrons. The first-order valence-corrected chi connectivity index (χ1v) is 5.27. The lowest BCUT2D eigenvalue weighted by Gasteiger charge is -2.11. The Morgan fingerprint density at radius 2 is 2.31 bits per heavy atom. The normalized spacial score (nSPS) is 28.1. The molecule has 0 radical (unpaired) electrons. The molecule has 2 fully saturated rings. The summed E-state index contributed by atoms with van der Waals surface area (Å²) in [6.45, 7) is 0.134. The quantitative estimate of drug-likeness (QED) is 0.733. The maximum Gasteiger partial charge on any atom is 0.324 e. The summed E-state index contributed by atoms with van der Waals surface area (Å²) in [7, 11) is 0. The number of hydrogen-bond acceptors (Lipinski definition) is 3. The summed E-state index contributed by atoms with van der Waals surface area (Å²) in [6.07, 6.45) is 4.36. The predicted octanol–water partition coefficient (Wildman–Crippen LogP) is 0.489. The molecule has 0 aromatic carbocycles. The fourth-order valence-electron chi connectivity index (χ4n) is 2.19. The van der Waals surface area contributed by atoms with E-state index in [1.165, 1.54) is 4.90 Å². The van der Waals surface area contributed by atoms with Gasteiger partial charge in [0.1, 0.15) is 0 Å². The van der Waals surface area contributed by atoms with E-state index in [0.29, 0.717) is 0 Å².